The fourth-order valence-corrected chi connectivity index (χ4v) is 2.66. The molecule has 1 aliphatic heterocycles. The van der Waals surface area contributed by atoms with E-state index in [-0.39, 0.29) is 6.10 Å². The van der Waals surface area contributed by atoms with Gasteiger partial charge in [0.1, 0.15) is 17.8 Å². The first-order valence-electron chi connectivity index (χ1n) is 7.75. The van der Waals surface area contributed by atoms with Crippen molar-refractivity contribution >= 4 is 5.82 Å². The molecule has 4 rings (SSSR count). The highest BCUT2D eigenvalue weighted by molar-refractivity contribution is 5.45. The number of anilines is 1. The van der Waals surface area contributed by atoms with Crippen LogP contribution in [0.25, 0.3) is 11.6 Å². The molecule has 1 fully saturated rings. The van der Waals surface area contributed by atoms with Crippen LogP contribution < -0.4 is 4.90 Å². The lowest BCUT2D eigenvalue weighted by molar-refractivity contribution is 0.0392. The molecule has 24 heavy (non-hydrogen) atoms. The molecule has 0 saturated carbocycles. The van der Waals surface area contributed by atoms with Gasteiger partial charge in [-0.1, -0.05) is 11.2 Å². The van der Waals surface area contributed by atoms with Crippen molar-refractivity contribution in [3.63, 3.8) is 0 Å². The molecular formula is C16H16N6O2. The fraction of sp³-hybridized carbons (Fsp3) is 0.312. The third kappa shape index (κ3) is 3.23. The van der Waals surface area contributed by atoms with E-state index in [1.807, 2.05) is 24.3 Å². The van der Waals surface area contributed by atoms with Gasteiger partial charge in [0.2, 0.25) is 0 Å². The van der Waals surface area contributed by atoms with E-state index in [0.29, 0.717) is 30.4 Å². The number of rotatable bonds is 4. The predicted molar refractivity (Wildman–Crippen MR) is 85.2 cm³/mol. The summed E-state index contributed by atoms with van der Waals surface area (Å²) in [5.41, 5.74) is 0.670. The number of hydrogen-bond donors (Lipinski definition) is 0. The van der Waals surface area contributed by atoms with Crippen LogP contribution in [0.1, 0.15) is 5.82 Å². The van der Waals surface area contributed by atoms with Gasteiger partial charge in [-0.3, -0.25) is 4.98 Å². The monoisotopic (exact) mass is 324 g/mol. The minimum Gasteiger partial charge on any atom is -0.374 e. The van der Waals surface area contributed by atoms with Gasteiger partial charge in [-0.15, -0.1) is 0 Å². The van der Waals surface area contributed by atoms with Gasteiger partial charge in [-0.25, -0.2) is 9.97 Å². The molecule has 1 atom stereocenters. The number of hydrogen-bond acceptors (Lipinski definition) is 8. The number of nitrogens with zero attached hydrogens (tertiary/aromatic N) is 6. The SMILES string of the molecule is c1ccc(-c2nc(CC3CN(c4ccncn4)CCO3)no2)nc1. The summed E-state index contributed by atoms with van der Waals surface area (Å²) in [6.45, 7) is 2.17. The van der Waals surface area contributed by atoms with E-state index in [1.54, 1.807) is 18.7 Å². The maximum absolute atomic E-state index is 5.83. The molecule has 0 N–H and O–H groups in total. The summed E-state index contributed by atoms with van der Waals surface area (Å²) in [5.74, 6) is 1.94. The minimum atomic E-state index is -0.0112. The molecule has 3 aromatic heterocycles. The van der Waals surface area contributed by atoms with Gasteiger partial charge in [0.25, 0.3) is 5.89 Å². The maximum atomic E-state index is 5.83. The molecule has 0 aromatic carbocycles. The van der Waals surface area contributed by atoms with Crippen molar-refractivity contribution in [2.45, 2.75) is 12.5 Å². The molecule has 1 aliphatic rings. The third-order valence-electron chi connectivity index (χ3n) is 3.79. The molecule has 0 spiro atoms. The van der Waals surface area contributed by atoms with E-state index < -0.39 is 0 Å². The molecular weight excluding hydrogens is 308 g/mol. The Morgan fingerprint density at radius 1 is 1.17 bits per heavy atom. The van der Waals surface area contributed by atoms with Gasteiger partial charge in [-0.05, 0) is 18.2 Å². The third-order valence-corrected chi connectivity index (χ3v) is 3.79. The van der Waals surface area contributed by atoms with E-state index in [9.17, 15) is 0 Å². The molecule has 8 heteroatoms. The van der Waals surface area contributed by atoms with E-state index in [0.717, 1.165) is 18.9 Å². The molecule has 0 amide bonds. The highest BCUT2D eigenvalue weighted by Gasteiger charge is 2.24. The summed E-state index contributed by atoms with van der Waals surface area (Å²) in [4.78, 5) is 19.0. The zero-order valence-corrected chi connectivity index (χ0v) is 12.9. The van der Waals surface area contributed by atoms with Gasteiger partial charge < -0.3 is 14.2 Å². The molecule has 8 nitrogen and oxygen atoms in total. The predicted octanol–water partition coefficient (Wildman–Crippen LogP) is 1.37. The Kier molecular flexibility index (Phi) is 4.11. The first-order chi connectivity index (χ1) is 11.9. The maximum Gasteiger partial charge on any atom is 0.276 e. The van der Waals surface area contributed by atoms with Gasteiger partial charge >= 0.3 is 0 Å². The quantitative estimate of drug-likeness (QED) is 0.711. The second kappa shape index (κ2) is 6.71. The Labute approximate surface area is 138 Å². The molecule has 1 saturated heterocycles. The van der Waals surface area contributed by atoms with Crippen molar-refractivity contribution in [2.24, 2.45) is 0 Å². The van der Waals surface area contributed by atoms with Gasteiger partial charge in [0.15, 0.2) is 5.82 Å². The summed E-state index contributed by atoms with van der Waals surface area (Å²) in [6.07, 6.45) is 5.56. The van der Waals surface area contributed by atoms with Crippen molar-refractivity contribution in [3.05, 3.63) is 48.8 Å². The molecule has 0 bridgehead atoms. The van der Waals surface area contributed by atoms with Crippen molar-refractivity contribution in [1.29, 1.82) is 0 Å². The Morgan fingerprint density at radius 3 is 3.00 bits per heavy atom. The van der Waals surface area contributed by atoms with Crippen molar-refractivity contribution in [3.8, 4) is 11.6 Å². The molecule has 1 unspecified atom stereocenters. The van der Waals surface area contributed by atoms with E-state index in [2.05, 4.69) is 30.0 Å². The van der Waals surface area contributed by atoms with E-state index >= 15 is 0 Å². The average molecular weight is 324 g/mol. The zero-order chi connectivity index (χ0) is 16.2. The highest BCUT2D eigenvalue weighted by atomic mass is 16.5. The van der Waals surface area contributed by atoms with Crippen molar-refractivity contribution in [1.82, 2.24) is 25.1 Å². The number of ether oxygens (including phenoxy) is 1. The average Bonchev–Trinajstić information content (AvgIpc) is 3.12. The number of aromatic nitrogens is 5. The van der Waals surface area contributed by atoms with Crippen molar-refractivity contribution < 1.29 is 9.26 Å². The zero-order valence-electron chi connectivity index (χ0n) is 12.9. The second-order valence-electron chi connectivity index (χ2n) is 5.44. The second-order valence-corrected chi connectivity index (χ2v) is 5.44. The number of morpholine rings is 1. The summed E-state index contributed by atoms with van der Waals surface area (Å²) >= 11 is 0. The van der Waals surface area contributed by atoms with Gasteiger partial charge in [-0.2, -0.15) is 4.98 Å². The lowest BCUT2D eigenvalue weighted by atomic mass is 10.2. The van der Waals surface area contributed by atoms with Crippen LogP contribution in [0.5, 0.6) is 0 Å². The lowest BCUT2D eigenvalue weighted by Gasteiger charge is -2.33. The molecule has 4 heterocycles. The topological polar surface area (TPSA) is 90.1 Å². The first kappa shape index (κ1) is 14.7. The minimum absolute atomic E-state index is 0.0112. The lowest BCUT2D eigenvalue weighted by Crippen LogP contribution is -2.44. The summed E-state index contributed by atoms with van der Waals surface area (Å²) < 4.78 is 11.1. The Balaban J connectivity index is 1.43. The van der Waals surface area contributed by atoms with E-state index in [4.69, 9.17) is 9.26 Å². The van der Waals surface area contributed by atoms with Crippen LogP contribution in [0, 0.1) is 0 Å². The van der Waals surface area contributed by atoms with Gasteiger partial charge in [0, 0.05) is 31.9 Å². The summed E-state index contributed by atoms with van der Waals surface area (Å²) in [5, 5.41) is 4.03. The van der Waals surface area contributed by atoms with Crippen LogP contribution in [-0.4, -0.2) is 50.9 Å². The smallest absolute Gasteiger partial charge is 0.276 e. The Hall–Kier alpha value is -2.87. The largest absolute Gasteiger partial charge is 0.374 e. The molecule has 0 aliphatic carbocycles. The summed E-state index contributed by atoms with van der Waals surface area (Å²) in [7, 11) is 0. The van der Waals surface area contributed by atoms with Crippen LogP contribution in [-0.2, 0) is 11.2 Å². The van der Waals surface area contributed by atoms with Crippen LogP contribution in [0.2, 0.25) is 0 Å². The van der Waals surface area contributed by atoms with Crippen LogP contribution in [0.4, 0.5) is 5.82 Å². The Bertz CT molecular complexity index is 780. The van der Waals surface area contributed by atoms with Gasteiger partial charge in [0.05, 0.1) is 12.7 Å². The first-order valence-corrected chi connectivity index (χ1v) is 7.75. The molecule has 122 valence electrons. The molecule has 0 radical (unpaired) electrons. The molecule has 3 aromatic rings. The Morgan fingerprint density at radius 2 is 2.17 bits per heavy atom. The van der Waals surface area contributed by atoms with Crippen LogP contribution in [0.3, 0.4) is 0 Å². The fourth-order valence-electron chi connectivity index (χ4n) is 2.66. The summed E-state index contributed by atoms with van der Waals surface area (Å²) in [6, 6.07) is 7.47. The van der Waals surface area contributed by atoms with Crippen molar-refractivity contribution in [2.75, 3.05) is 24.6 Å². The van der Waals surface area contributed by atoms with Crippen LogP contribution in [0.15, 0.2) is 47.5 Å². The van der Waals surface area contributed by atoms with E-state index in [1.165, 1.54) is 0 Å². The highest BCUT2D eigenvalue weighted by Crippen LogP contribution is 2.18. The normalized spacial score (nSPS) is 17.8. The van der Waals surface area contributed by atoms with Crippen LogP contribution >= 0.6 is 0 Å². The number of pyridine rings is 1. The standard InChI is InChI=1S/C16H16N6O2/c1-2-5-18-13(3-1)16-20-14(21-24-16)9-12-10-22(7-8-23-12)15-4-6-17-11-19-15/h1-6,11-12H,7-10H2.